The van der Waals surface area contributed by atoms with Gasteiger partial charge in [0.2, 0.25) is 0 Å². The Morgan fingerprint density at radius 3 is 2.31 bits per heavy atom. The van der Waals surface area contributed by atoms with Crippen LogP contribution in [-0.2, 0) is 36.7 Å². The summed E-state index contributed by atoms with van der Waals surface area (Å²) in [5.41, 5.74) is 11.8. The summed E-state index contributed by atoms with van der Waals surface area (Å²) in [4.78, 5) is 13.3. The van der Waals surface area contributed by atoms with E-state index in [-0.39, 0.29) is 0 Å². The van der Waals surface area contributed by atoms with E-state index in [1.165, 1.54) is 35.1 Å². The molecule has 1 heterocycles. The molecule has 2 unspecified atom stereocenters. The first-order chi connectivity index (χ1) is 12.4. The molecule has 2 atom stereocenters. The van der Waals surface area contributed by atoms with Gasteiger partial charge in [-0.25, -0.2) is 9.00 Å². The summed E-state index contributed by atoms with van der Waals surface area (Å²) in [5, 5.41) is 8.02. The molecular formula is C19H30N4O2S. The van der Waals surface area contributed by atoms with Gasteiger partial charge in [-0.2, -0.15) is 0 Å². The second kappa shape index (κ2) is 8.50. The minimum atomic E-state index is -1.10. The number of urea groups is 1. The van der Waals surface area contributed by atoms with Crippen molar-refractivity contribution in [2.45, 2.75) is 44.9 Å². The van der Waals surface area contributed by atoms with Gasteiger partial charge in [0.25, 0.3) is 0 Å². The number of carbonyl (C=O) groups is 1. The van der Waals surface area contributed by atoms with Crippen LogP contribution in [-0.4, -0.2) is 41.0 Å². The number of rotatable bonds is 3. The highest BCUT2D eigenvalue weighted by Crippen LogP contribution is 2.38. The van der Waals surface area contributed by atoms with E-state index in [2.05, 4.69) is 23.3 Å². The quantitative estimate of drug-likeness (QED) is 0.746. The van der Waals surface area contributed by atoms with Crippen molar-refractivity contribution in [1.82, 2.24) is 4.90 Å². The van der Waals surface area contributed by atoms with Crippen molar-refractivity contribution < 1.29 is 9.00 Å². The van der Waals surface area contributed by atoms with Gasteiger partial charge in [0.1, 0.15) is 0 Å². The molecule has 0 saturated carbocycles. The number of nitrogens with zero attached hydrogens (tertiary/aromatic N) is 1. The van der Waals surface area contributed by atoms with E-state index in [0.717, 1.165) is 50.9 Å². The molecular weight excluding hydrogens is 348 g/mol. The van der Waals surface area contributed by atoms with Gasteiger partial charge in [0.05, 0.1) is 11.0 Å². The second-order valence-corrected chi connectivity index (χ2v) is 8.78. The molecule has 5 N–H and O–H groups in total. The van der Waals surface area contributed by atoms with E-state index < -0.39 is 17.0 Å². The maximum absolute atomic E-state index is 11.1. The molecule has 1 aliphatic heterocycles. The molecule has 6 nitrogen and oxygen atoms in total. The highest BCUT2D eigenvalue weighted by molar-refractivity contribution is 7.82. The number of hydrogen-bond acceptors (Lipinski definition) is 3. The number of amides is 2. The molecule has 0 radical (unpaired) electrons. The van der Waals surface area contributed by atoms with E-state index in [9.17, 15) is 9.00 Å². The topological polar surface area (TPSA) is 101 Å². The Bertz CT molecular complexity index is 675. The number of primary amides is 1. The zero-order valence-corrected chi connectivity index (χ0v) is 16.4. The van der Waals surface area contributed by atoms with Crippen LogP contribution in [0.2, 0.25) is 0 Å². The Kier molecular flexibility index (Phi) is 6.32. The standard InChI is InChI=1S/C13H16N2O.C6H14N2OS/c14-13(16)15-12-10-5-1-3-8(10)7-9-4-2-6-11(9)12;1-8-3-2-6(4-8)5-10(7)9/h7H,1-6H2,(H3,14,15,16);6H,2-5,7H2,1H3. The van der Waals surface area contributed by atoms with Crippen LogP contribution in [0.5, 0.6) is 0 Å². The number of benzene rings is 1. The Hall–Kier alpha value is -1.44. The Morgan fingerprint density at radius 2 is 1.85 bits per heavy atom. The molecule has 26 heavy (non-hydrogen) atoms. The van der Waals surface area contributed by atoms with Crippen LogP contribution < -0.4 is 16.2 Å². The van der Waals surface area contributed by atoms with Gasteiger partial charge in [-0.1, -0.05) is 6.07 Å². The fourth-order valence-corrected chi connectivity index (χ4v) is 5.22. The third-order valence-electron chi connectivity index (χ3n) is 5.61. The van der Waals surface area contributed by atoms with Crippen LogP contribution >= 0.6 is 0 Å². The number of carbonyl (C=O) groups excluding carboxylic acids is 1. The third-order valence-corrected chi connectivity index (χ3v) is 6.41. The monoisotopic (exact) mass is 378 g/mol. The van der Waals surface area contributed by atoms with Gasteiger partial charge >= 0.3 is 6.03 Å². The highest BCUT2D eigenvalue weighted by atomic mass is 32.2. The number of aryl methyl sites for hydroxylation is 2. The summed E-state index contributed by atoms with van der Waals surface area (Å²) in [7, 11) is 0.986. The summed E-state index contributed by atoms with van der Waals surface area (Å²) in [6.45, 7) is 2.19. The molecule has 0 aromatic heterocycles. The SMILES string of the molecule is CN1CCC(CS(N)=O)C1.NC(=O)Nc1c2c(cc3c1CCC3)CCC2. The lowest BCUT2D eigenvalue weighted by atomic mass is 9.99. The molecule has 7 heteroatoms. The van der Waals surface area contributed by atoms with E-state index in [1.807, 2.05) is 0 Å². The summed E-state index contributed by atoms with van der Waals surface area (Å²) >= 11 is 0. The van der Waals surface area contributed by atoms with Gasteiger partial charge in [-0.3, -0.25) is 5.14 Å². The van der Waals surface area contributed by atoms with Crippen LogP contribution in [0.25, 0.3) is 0 Å². The highest BCUT2D eigenvalue weighted by Gasteiger charge is 2.24. The van der Waals surface area contributed by atoms with Gasteiger partial charge in [0.15, 0.2) is 0 Å². The maximum atomic E-state index is 11.1. The summed E-state index contributed by atoms with van der Waals surface area (Å²) in [6.07, 6.45) is 8.01. The van der Waals surface area contributed by atoms with Crippen molar-refractivity contribution in [2.24, 2.45) is 16.8 Å². The number of anilines is 1. The maximum Gasteiger partial charge on any atom is 0.316 e. The molecule has 1 fully saturated rings. The van der Waals surface area contributed by atoms with Gasteiger partial charge in [-0.15, -0.1) is 0 Å². The van der Waals surface area contributed by atoms with Crippen molar-refractivity contribution >= 4 is 22.7 Å². The first-order valence-corrected chi connectivity index (χ1v) is 10.9. The summed E-state index contributed by atoms with van der Waals surface area (Å²) < 4.78 is 10.6. The lowest BCUT2D eigenvalue weighted by Gasteiger charge is -2.14. The van der Waals surface area contributed by atoms with Crippen LogP contribution in [0, 0.1) is 5.92 Å². The van der Waals surface area contributed by atoms with E-state index in [1.54, 1.807) is 0 Å². The molecule has 4 rings (SSSR count). The lowest BCUT2D eigenvalue weighted by Crippen LogP contribution is -2.21. The molecule has 1 saturated heterocycles. The third kappa shape index (κ3) is 4.64. The van der Waals surface area contributed by atoms with Crippen molar-refractivity contribution in [3.05, 3.63) is 28.3 Å². The van der Waals surface area contributed by atoms with Gasteiger partial charge in [0, 0.05) is 18.0 Å². The zero-order chi connectivity index (χ0) is 18.7. The number of likely N-dealkylation sites (tertiary alicyclic amines) is 1. The predicted octanol–water partition coefficient (Wildman–Crippen LogP) is 1.72. The van der Waals surface area contributed by atoms with E-state index >= 15 is 0 Å². The van der Waals surface area contributed by atoms with E-state index in [4.69, 9.17) is 10.9 Å². The fourth-order valence-electron chi connectivity index (χ4n) is 4.49. The van der Waals surface area contributed by atoms with Crippen LogP contribution in [0.4, 0.5) is 10.5 Å². The number of fused-ring (bicyclic) bond motifs is 2. The molecule has 144 valence electrons. The minimum absolute atomic E-state index is 0.436. The largest absolute Gasteiger partial charge is 0.351 e. The fraction of sp³-hybridized carbons (Fsp3) is 0.632. The zero-order valence-electron chi connectivity index (χ0n) is 15.6. The minimum Gasteiger partial charge on any atom is -0.351 e. The molecule has 3 aliphatic rings. The molecule has 1 aromatic carbocycles. The van der Waals surface area contributed by atoms with Crippen LogP contribution in [0.3, 0.4) is 0 Å². The number of nitrogens with two attached hydrogens (primary N) is 2. The van der Waals surface area contributed by atoms with E-state index in [0.29, 0.717) is 11.7 Å². The molecule has 1 aromatic rings. The normalized spacial score (nSPS) is 22.3. The molecule has 2 amide bonds. The first kappa shape index (κ1) is 19.3. The first-order valence-electron chi connectivity index (χ1n) is 9.48. The summed E-state index contributed by atoms with van der Waals surface area (Å²) in [5.74, 6) is 1.24. The van der Waals surface area contributed by atoms with Crippen molar-refractivity contribution in [1.29, 1.82) is 0 Å². The van der Waals surface area contributed by atoms with Crippen molar-refractivity contribution in [3.8, 4) is 0 Å². The second-order valence-electron chi connectivity index (χ2n) is 7.69. The average molecular weight is 379 g/mol. The lowest BCUT2D eigenvalue weighted by molar-refractivity contribution is 0.259. The smallest absolute Gasteiger partial charge is 0.316 e. The molecule has 0 spiro atoms. The van der Waals surface area contributed by atoms with Crippen LogP contribution in [0.15, 0.2) is 6.07 Å². The average Bonchev–Trinajstić information content (AvgIpc) is 3.27. The number of hydrogen-bond donors (Lipinski definition) is 3. The summed E-state index contributed by atoms with van der Waals surface area (Å²) in [6, 6.07) is 1.91. The van der Waals surface area contributed by atoms with Gasteiger partial charge < -0.3 is 16.0 Å². The Labute approximate surface area is 158 Å². The molecule has 0 bridgehead atoms. The number of nitrogens with one attached hydrogen (secondary N) is 1. The van der Waals surface area contributed by atoms with Crippen molar-refractivity contribution in [2.75, 3.05) is 31.2 Å². The van der Waals surface area contributed by atoms with Crippen LogP contribution in [0.1, 0.15) is 41.5 Å². The predicted molar refractivity (Wildman–Crippen MR) is 106 cm³/mol. The Morgan fingerprint density at radius 1 is 1.23 bits per heavy atom. The van der Waals surface area contributed by atoms with Gasteiger partial charge in [-0.05, 0) is 86.7 Å². The Balaban J connectivity index is 0.000000170. The molecule has 2 aliphatic carbocycles. The van der Waals surface area contributed by atoms with Crippen molar-refractivity contribution in [3.63, 3.8) is 0 Å².